The molecule has 1 aliphatic rings. The van der Waals surface area contributed by atoms with Crippen molar-refractivity contribution < 1.29 is 9.53 Å². The fraction of sp³-hybridized carbons (Fsp3) is 0.357. The van der Waals surface area contributed by atoms with Gasteiger partial charge in [-0.05, 0) is 18.9 Å². The minimum Gasteiger partial charge on any atom is -0.476 e. The monoisotopic (exact) mass is 257 g/mol. The lowest BCUT2D eigenvalue weighted by Crippen LogP contribution is -2.23. The SMILES string of the molecule is CCOc1nc2c(c3cccnc13)C(C)CC(=O)N2. The number of hydrogen-bond donors (Lipinski definition) is 1. The van der Waals surface area contributed by atoms with Gasteiger partial charge >= 0.3 is 0 Å². The van der Waals surface area contributed by atoms with E-state index in [-0.39, 0.29) is 11.8 Å². The molecule has 1 amide bonds. The molecular weight excluding hydrogens is 242 g/mol. The summed E-state index contributed by atoms with van der Waals surface area (Å²) in [4.78, 5) is 20.4. The smallest absolute Gasteiger partial charge is 0.242 e. The van der Waals surface area contributed by atoms with Crippen LogP contribution in [0.1, 0.15) is 31.7 Å². The Morgan fingerprint density at radius 3 is 3.16 bits per heavy atom. The molecule has 0 aliphatic carbocycles. The highest BCUT2D eigenvalue weighted by atomic mass is 16.5. The lowest BCUT2D eigenvalue weighted by atomic mass is 9.91. The highest BCUT2D eigenvalue weighted by Crippen LogP contribution is 2.38. The van der Waals surface area contributed by atoms with Gasteiger partial charge in [-0.3, -0.25) is 9.78 Å². The van der Waals surface area contributed by atoms with E-state index in [0.29, 0.717) is 24.7 Å². The second kappa shape index (κ2) is 4.50. The fourth-order valence-corrected chi connectivity index (χ4v) is 2.53. The number of aromatic nitrogens is 2. The number of hydrogen-bond acceptors (Lipinski definition) is 4. The normalized spacial score (nSPS) is 18.0. The highest BCUT2D eigenvalue weighted by molar-refractivity contribution is 5.99. The van der Waals surface area contributed by atoms with Crippen molar-refractivity contribution in [3.8, 4) is 5.88 Å². The largest absolute Gasteiger partial charge is 0.476 e. The summed E-state index contributed by atoms with van der Waals surface area (Å²) >= 11 is 0. The van der Waals surface area contributed by atoms with Crippen molar-refractivity contribution in [1.29, 1.82) is 0 Å². The average Bonchev–Trinajstić information content (AvgIpc) is 2.38. The van der Waals surface area contributed by atoms with E-state index in [9.17, 15) is 4.79 Å². The molecule has 0 aromatic carbocycles. The van der Waals surface area contributed by atoms with E-state index in [2.05, 4.69) is 15.3 Å². The molecule has 5 heteroatoms. The summed E-state index contributed by atoms with van der Waals surface area (Å²) in [5.41, 5.74) is 1.80. The summed E-state index contributed by atoms with van der Waals surface area (Å²) in [6.07, 6.45) is 2.21. The van der Waals surface area contributed by atoms with Gasteiger partial charge in [-0.15, -0.1) is 0 Å². The van der Waals surface area contributed by atoms with Crippen LogP contribution in [-0.4, -0.2) is 22.5 Å². The maximum atomic E-state index is 11.6. The molecule has 1 N–H and O–H groups in total. The Hall–Kier alpha value is -2.17. The van der Waals surface area contributed by atoms with Crippen LogP contribution >= 0.6 is 0 Å². The quantitative estimate of drug-likeness (QED) is 0.897. The lowest BCUT2D eigenvalue weighted by Gasteiger charge is -2.24. The molecule has 1 unspecified atom stereocenters. The van der Waals surface area contributed by atoms with Crippen molar-refractivity contribution in [2.45, 2.75) is 26.2 Å². The van der Waals surface area contributed by atoms with Gasteiger partial charge in [0, 0.05) is 23.6 Å². The first-order valence-corrected chi connectivity index (χ1v) is 6.42. The van der Waals surface area contributed by atoms with Crippen LogP contribution in [0.15, 0.2) is 18.3 Å². The van der Waals surface area contributed by atoms with E-state index in [1.165, 1.54) is 0 Å². The number of carbonyl (C=O) groups excluding carboxylic acids is 1. The summed E-state index contributed by atoms with van der Waals surface area (Å²) in [5, 5.41) is 3.83. The van der Waals surface area contributed by atoms with Crippen molar-refractivity contribution in [3.05, 3.63) is 23.9 Å². The molecule has 0 fully saturated rings. The molecule has 2 aromatic heterocycles. The predicted octanol–water partition coefficient (Wildman–Crippen LogP) is 2.47. The summed E-state index contributed by atoms with van der Waals surface area (Å²) in [6, 6.07) is 3.89. The Bertz CT molecular complexity index is 654. The predicted molar refractivity (Wildman–Crippen MR) is 72.4 cm³/mol. The zero-order valence-corrected chi connectivity index (χ0v) is 10.9. The number of nitrogens with zero attached hydrogens (tertiary/aromatic N) is 2. The van der Waals surface area contributed by atoms with E-state index in [1.54, 1.807) is 6.20 Å². The Labute approximate surface area is 111 Å². The van der Waals surface area contributed by atoms with Gasteiger partial charge in [0.05, 0.1) is 6.61 Å². The molecule has 0 saturated carbocycles. The van der Waals surface area contributed by atoms with Crippen LogP contribution in [0.2, 0.25) is 0 Å². The van der Waals surface area contributed by atoms with Gasteiger partial charge < -0.3 is 10.1 Å². The second-order valence-electron chi connectivity index (χ2n) is 4.67. The Balaban J connectivity index is 2.30. The van der Waals surface area contributed by atoms with Crippen molar-refractivity contribution >= 4 is 22.6 Å². The van der Waals surface area contributed by atoms with Gasteiger partial charge in [-0.25, -0.2) is 0 Å². The van der Waals surface area contributed by atoms with Crippen LogP contribution in [0, 0.1) is 0 Å². The highest BCUT2D eigenvalue weighted by Gasteiger charge is 2.27. The number of rotatable bonds is 2. The van der Waals surface area contributed by atoms with Gasteiger partial charge in [0.25, 0.3) is 0 Å². The molecule has 3 rings (SSSR count). The van der Waals surface area contributed by atoms with Gasteiger partial charge in [0.2, 0.25) is 11.8 Å². The third-order valence-electron chi connectivity index (χ3n) is 3.29. The maximum absolute atomic E-state index is 11.6. The zero-order chi connectivity index (χ0) is 13.4. The molecule has 19 heavy (non-hydrogen) atoms. The second-order valence-corrected chi connectivity index (χ2v) is 4.67. The third-order valence-corrected chi connectivity index (χ3v) is 3.29. The number of nitrogens with one attached hydrogen (secondary N) is 1. The number of pyridine rings is 2. The minimum absolute atomic E-state index is 0.00168. The van der Waals surface area contributed by atoms with E-state index < -0.39 is 0 Å². The number of fused-ring (bicyclic) bond motifs is 3. The van der Waals surface area contributed by atoms with Gasteiger partial charge in [0.1, 0.15) is 11.3 Å². The summed E-state index contributed by atoms with van der Waals surface area (Å²) in [7, 11) is 0. The van der Waals surface area contributed by atoms with Crippen LogP contribution in [0.5, 0.6) is 5.88 Å². The van der Waals surface area contributed by atoms with Gasteiger partial charge in [0.15, 0.2) is 0 Å². The van der Waals surface area contributed by atoms with Crippen LogP contribution in [-0.2, 0) is 4.79 Å². The van der Waals surface area contributed by atoms with E-state index >= 15 is 0 Å². The average molecular weight is 257 g/mol. The Kier molecular flexibility index (Phi) is 2.81. The molecule has 0 spiro atoms. The molecule has 3 heterocycles. The van der Waals surface area contributed by atoms with Gasteiger partial charge in [-0.2, -0.15) is 4.98 Å². The number of amides is 1. The van der Waals surface area contributed by atoms with E-state index in [0.717, 1.165) is 16.5 Å². The maximum Gasteiger partial charge on any atom is 0.242 e. The molecule has 1 atom stereocenters. The van der Waals surface area contributed by atoms with E-state index in [4.69, 9.17) is 4.74 Å². The lowest BCUT2D eigenvalue weighted by molar-refractivity contribution is -0.116. The molecule has 2 aromatic rings. The first-order chi connectivity index (χ1) is 9.20. The zero-order valence-electron chi connectivity index (χ0n) is 10.9. The first-order valence-electron chi connectivity index (χ1n) is 6.42. The number of ether oxygens (including phenoxy) is 1. The van der Waals surface area contributed by atoms with Crippen molar-refractivity contribution in [2.24, 2.45) is 0 Å². The Morgan fingerprint density at radius 1 is 1.53 bits per heavy atom. The van der Waals surface area contributed by atoms with Crippen molar-refractivity contribution in [2.75, 3.05) is 11.9 Å². The number of anilines is 1. The Morgan fingerprint density at radius 2 is 2.37 bits per heavy atom. The van der Waals surface area contributed by atoms with E-state index in [1.807, 2.05) is 26.0 Å². The number of carbonyl (C=O) groups is 1. The fourth-order valence-electron chi connectivity index (χ4n) is 2.53. The van der Waals surface area contributed by atoms with Crippen LogP contribution < -0.4 is 10.1 Å². The molecule has 0 radical (unpaired) electrons. The van der Waals surface area contributed by atoms with Crippen molar-refractivity contribution in [3.63, 3.8) is 0 Å². The molecule has 98 valence electrons. The minimum atomic E-state index is -0.00168. The third kappa shape index (κ3) is 1.91. The first kappa shape index (κ1) is 11.9. The van der Waals surface area contributed by atoms with Crippen LogP contribution in [0.25, 0.3) is 10.9 Å². The summed E-state index contributed by atoms with van der Waals surface area (Å²) in [6.45, 7) is 4.45. The standard InChI is InChI=1S/C14H15N3O2/c1-3-19-14-12-9(5-4-6-15-12)11-8(2)7-10(18)16-13(11)17-14/h4-6,8H,3,7H2,1-2H3,(H,16,17,18). The molecule has 1 aliphatic heterocycles. The van der Waals surface area contributed by atoms with Crippen LogP contribution in [0.3, 0.4) is 0 Å². The molecule has 0 bridgehead atoms. The molecular formula is C14H15N3O2. The summed E-state index contributed by atoms with van der Waals surface area (Å²) < 4.78 is 5.53. The summed E-state index contributed by atoms with van der Waals surface area (Å²) in [5.74, 6) is 1.22. The van der Waals surface area contributed by atoms with Crippen LogP contribution in [0.4, 0.5) is 5.82 Å². The molecule has 5 nitrogen and oxygen atoms in total. The topological polar surface area (TPSA) is 64.1 Å². The molecule has 0 saturated heterocycles. The van der Waals surface area contributed by atoms with Crippen molar-refractivity contribution in [1.82, 2.24) is 9.97 Å². The van der Waals surface area contributed by atoms with Gasteiger partial charge in [-0.1, -0.05) is 13.0 Å².